The van der Waals surface area contributed by atoms with Crippen LogP contribution in [0.3, 0.4) is 0 Å². The molecule has 3 rings (SSSR count). The molecule has 1 aliphatic heterocycles. The summed E-state index contributed by atoms with van der Waals surface area (Å²) in [7, 11) is -3.47. The molecule has 0 N–H and O–H groups in total. The highest BCUT2D eigenvalue weighted by molar-refractivity contribution is 7.89. The number of rotatable bonds is 5. The quantitative estimate of drug-likeness (QED) is 0.823. The van der Waals surface area contributed by atoms with Crippen molar-refractivity contribution < 1.29 is 8.42 Å². The fourth-order valence-corrected chi connectivity index (χ4v) is 4.62. The maximum absolute atomic E-state index is 12.9. The van der Waals surface area contributed by atoms with Gasteiger partial charge in [-0.1, -0.05) is 37.3 Å². The maximum atomic E-state index is 12.9. The Morgan fingerprint density at radius 2 is 1.75 bits per heavy atom. The summed E-state index contributed by atoms with van der Waals surface area (Å²) in [4.78, 5) is 2.58. The molecule has 24 heavy (non-hydrogen) atoms. The van der Waals surface area contributed by atoms with Gasteiger partial charge in [-0.15, -0.1) is 0 Å². The lowest BCUT2D eigenvalue weighted by Gasteiger charge is -2.33. The first kappa shape index (κ1) is 17.1. The molecule has 7 heteroatoms. The van der Waals surface area contributed by atoms with Crippen LogP contribution in [0.1, 0.15) is 18.2 Å². The molecule has 0 unspecified atom stereocenters. The SMILES string of the molecule is CCN1CCN(S(=O)(=O)c2cn(Cc3ccccc3)nc2C)CC1. The number of hydrogen-bond acceptors (Lipinski definition) is 4. The number of aromatic nitrogens is 2. The van der Waals surface area contributed by atoms with Gasteiger partial charge in [0.15, 0.2) is 0 Å². The minimum atomic E-state index is -3.47. The van der Waals surface area contributed by atoms with Crippen molar-refractivity contribution in [3.63, 3.8) is 0 Å². The van der Waals surface area contributed by atoms with E-state index in [9.17, 15) is 8.42 Å². The molecule has 2 aromatic rings. The number of aryl methyl sites for hydroxylation is 1. The van der Waals surface area contributed by atoms with E-state index in [0.717, 1.165) is 25.2 Å². The lowest BCUT2D eigenvalue weighted by Crippen LogP contribution is -2.48. The van der Waals surface area contributed by atoms with Crippen LogP contribution in [0.25, 0.3) is 0 Å². The summed E-state index contributed by atoms with van der Waals surface area (Å²) in [6, 6.07) is 9.92. The van der Waals surface area contributed by atoms with E-state index >= 15 is 0 Å². The summed E-state index contributed by atoms with van der Waals surface area (Å²) < 4.78 is 29.1. The van der Waals surface area contributed by atoms with Crippen LogP contribution in [0.4, 0.5) is 0 Å². The van der Waals surface area contributed by atoms with Crippen molar-refractivity contribution in [3.05, 3.63) is 47.8 Å². The van der Waals surface area contributed by atoms with Crippen LogP contribution in [0, 0.1) is 6.92 Å². The van der Waals surface area contributed by atoms with E-state index in [1.165, 1.54) is 0 Å². The Morgan fingerprint density at radius 3 is 2.38 bits per heavy atom. The summed E-state index contributed by atoms with van der Waals surface area (Å²) in [5.41, 5.74) is 1.66. The Kier molecular flexibility index (Phi) is 5.03. The Labute approximate surface area is 143 Å². The number of nitrogens with zero attached hydrogens (tertiary/aromatic N) is 4. The van der Waals surface area contributed by atoms with Gasteiger partial charge in [-0.2, -0.15) is 9.40 Å². The van der Waals surface area contributed by atoms with Gasteiger partial charge >= 0.3 is 0 Å². The highest BCUT2D eigenvalue weighted by atomic mass is 32.2. The van der Waals surface area contributed by atoms with Crippen LogP contribution in [0.2, 0.25) is 0 Å². The van der Waals surface area contributed by atoms with Crippen LogP contribution < -0.4 is 0 Å². The molecule has 0 amide bonds. The summed E-state index contributed by atoms with van der Waals surface area (Å²) in [6.45, 7) is 8.04. The first-order chi connectivity index (χ1) is 11.5. The average Bonchev–Trinajstić information content (AvgIpc) is 2.97. The molecule has 6 nitrogen and oxygen atoms in total. The van der Waals surface area contributed by atoms with Crippen molar-refractivity contribution in [2.45, 2.75) is 25.3 Å². The van der Waals surface area contributed by atoms with E-state index in [-0.39, 0.29) is 0 Å². The predicted octanol–water partition coefficient (Wildman–Crippen LogP) is 1.57. The Morgan fingerprint density at radius 1 is 1.08 bits per heavy atom. The molecule has 1 fully saturated rings. The summed E-state index contributed by atoms with van der Waals surface area (Å²) in [5.74, 6) is 0. The molecule has 0 aliphatic carbocycles. The van der Waals surface area contributed by atoms with Crippen LogP contribution >= 0.6 is 0 Å². The largest absolute Gasteiger partial charge is 0.301 e. The number of sulfonamides is 1. The first-order valence-corrected chi connectivity index (χ1v) is 9.75. The van der Waals surface area contributed by atoms with Gasteiger partial charge in [0.25, 0.3) is 0 Å². The smallest absolute Gasteiger partial charge is 0.246 e. The van der Waals surface area contributed by atoms with E-state index in [2.05, 4.69) is 16.9 Å². The maximum Gasteiger partial charge on any atom is 0.246 e. The molecular weight excluding hydrogens is 324 g/mol. The van der Waals surface area contributed by atoms with Crippen molar-refractivity contribution in [3.8, 4) is 0 Å². The van der Waals surface area contributed by atoms with Gasteiger partial charge in [-0.05, 0) is 19.0 Å². The molecular formula is C17H24N4O2S. The van der Waals surface area contributed by atoms with Gasteiger partial charge in [-0.25, -0.2) is 8.42 Å². The third-order valence-electron chi connectivity index (χ3n) is 4.49. The molecule has 2 heterocycles. The van der Waals surface area contributed by atoms with Gasteiger partial charge in [0.2, 0.25) is 10.0 Å². The number of likely N-dealkylation sites (N-methyl/N-ethyl adjacent to an activating group) is 1. The lowest BCUT2D eigenvalue weighted by atomic mass is 10.2. The third-order valence-corrected chi connectivity index (χ3v) is 6.49. The fraction of sp³-hybridized carbons (Fsp3) is 0.471. The van der Waals surface area contributed by atoms with E-state index in [1.54, 1.807) is 22.1 Å². The molecule has 0 saturated carbocycles. The van der Waals surface area contributed by atoms with E-state index < -0.39 is 10.0 Å². The van der Waals surface area contributed by atoms with Gasteiger partial charge < -0.3 is 4.90 Å². The normalized spacial score (nSPS) is 17.2. The molecule has 0 bridgehead atoms. The first-order valence-electron chi connectivity index (χ1n) is 8.31. The van der Waals surface area contributed by atoms with Gasteiger partial charge in [0.05, 0.1) is 12.2 Å². The molecule has 1 aliphatic rings. The molecule has 130 valence electrons. The average molecular weight is 348 g/mol. The zero-order valence-corrected chi connectivity index (χ0v) is 15.0. The molecule has 1 aromatic carbocycles. The second kappa shape index (κ2) is 7.04. The van der Waals surface area contributed by atoms with E-state index in [4.69, 9.17) is 0 Å². The second-order valence-corrected chi connectivity index (χ2v) is 8.01. The molecule has 0 spiro atoms. The topological polar surface area (TPSA) is 58.4 Å². The Bertz CT molecular complexity index is 778. The van der Waals surface area contributed by atoms with Crippen molar-refractivity contribution >= 4 is 10.0 Å². The fourth-order valence-electron chi connectivity index (χ4n) is 3.03. The third kappa shape index (κ3) is 3.53. The molecule has 1 saturated heterocycles. The van der Waals surface area contributed by atoms with Crippen LogP contribution in [0.15, 0.2) is 41.4 Å². The zero-order valence-electron chi connectivity index (χ0n) is 14.2. The van der Waals surface area contributed by atoms with Crippen molar-refractivity contribution in [2.75, 3.05) is 32.7 Å². The number of piperazine rings is 1. The van der Waals surface area contributed by atoms with Crippen LogP contribution in [0.5, 0.6) is 0 Å². The number of hydrogen-bond donors (Lipinski definition) is 0. The standard InChI is InChI=1S/C17H24N4O2S/c1-3-19-9-11-21(12-10-19)24(22,23)17-14-20(18-15(17)2)13-16-7-5-4-6-8-16/h4-8,14H,3,9-13H2,1-2H3. The molecule has 1 aromatic heterocycles. The highest BCUT2D eigenvalue weighted by Gasteiger charge is 2.30. The second-order valence-electron chi connectivity index (χ2n) is 6.10. The van der Waals surface area contributed by atoms with Gasteiger partial charge in [-0.3, -0.25) is 4.68 Å². The number of benzene rings is 1. The predicted molar refractivity (Wildman–Crippen MR) is 93.4 cm³/mol. The minimum Gasteiger partial charge on any atom is -0.301 e. The van der Waals surface area contributed by atoms with Crippen LogP contribution in [-0.4, -0.2) is 60.1 Å². The van der Waals surface area contributed by atoms with Crippen LogP contribution in [-0.2, 0) is 16.6 Å². The van der Waals surface area contributed by atoms with Crippen molar-refractivity contribution in [1.29, 1.82) is 0 Å². The van der Waals surface area contributed by atoms with E-state index in [1.807, 2.05) is 30.3 Å². The van der Waals surface area contributed by atoms with Gasteiger partial charge in [0.1, 0.15) is 4.90 Å². The zero-order chi connectivity index (χ0) is 17.2. The van der Waals surface area contributed by atoms with Gasteiger partial charge in [0, 0.05) is 32.4 Å². The Hall–Kier alpha value is -1.70. The monoisotopic (exact) mass is 348 g/mol. The minimum absolute atomic E-state index is 0.323. The summed E-state index contributed by atoms with van der Waals surface area (Å²) >= 11 is 0. The molecule has 0 atom stereocenters. The lowest BCUT2D eigenvalue weighted by molar-refractivity contribution is 0.196. The van der Waals surface area contributed by atoms with Crippen molar-refractivity contribution in [1.82, 2.24) is 19.0 Å². The van der Waals surface area contributed by atoms with Crippen molar-refractivity contribution in [2.24, 2.45) is 0 Å². The summed E-state index contributed by atoms with van der Waals surface area (Å²) in [5, 5.41) is 4.40. The highest BCUT2D eigenvalue weighted by Crippen LogP contribution is 2.21. The van der Waals surface area contributed by atoms with E-state index in [0.29, 0.717) is 30.2 Å². The summed E-state index contributed by atoms with van der Waals surface area (Å²) in [6.07, 6.45) is 1.66. The Balaban J connectivity index is 1.79. The molecule has 0 radical (unpaired) electrons.